The molecular weight excluding hydrogens is 374 g/mol. The van der Waals surface area contributed by atoms with Gasteiger partial charge in [0.25, 0.3) is 0 Å². The standard InChI is InChI=1S/C22H19NO6/c1-2-5-20(25)23-16-10-8-14(9-11-16)18(24)13-28-21(26)17-12-15-6-3-4-7-19(15)29-22(17)27/h3-4,6-12H,2,5,13H2,1H3,(H,23,25). The summed E-state index contributed by atoms with van der Waals surface area (Å²) in [7, 11) is 0. The van der Waals surface area contributed by atoms with Crippen LogP contribution in [0.3, 0.4) is 0 Å². The molecular formula is C22H19NO6. The number of amides is 1. The monoisotopic (exact) mass is 393 g/mol. The van der Waals surface area contributed by atoms with E-state index >= 15 is 0 Å². The summed E-state index contributed by atoms with van der Waals surface area (Å²) in [6.07, 6.45) is 1.16. The maximum absolute atomic E-state index is 12.2. The first-order valence-electron chi connectivity index (χ1n) is 9.11. The predicted molar refractivity (Wildman–Crippen MR) is 107 cm³/mol. The molecule has 1 N–H and O–H groups in total. The highest BCUT2D eigenvalue weighted by atomic mass is 16.5. The van der Waals surface area contributed by atoms with E-state index in [1.807, 2.05) is 6.92 Å². The Kier molecular flexibility index (Phi) is 6.19. The maximum atomic E-state index is 12.2. The van der Waals surface area contributed by atoms with E-state index in [0.29, 0.717) is 28.6 Å². The lowest BCUT2D eigenvalue weighted by molar-refractivity contribution is -0.116. The second-order valence-electron chi connectivity index (χ2n) is 6.36. The average molecular weight is 393 g/mol. The van der Waals surface area contributed by atoms with Crippen molar-refractivity contribution in [2.24, 2.45) is 0 Å². The third-order valence-electron chi connectivity index (χ3n) is 4.16. The van der Waals surface area contributed by atoms with Crippen molar-refractivity contribution in [1.29, 1.82) is 0 Å². The molecule has 0 saturated heterocycles. The molecule has 0 aliphatic rings. The van der Waals surface area contributed by atoms with Crippen molar-refractivity contribution in [2.45, 2.75) is 19.8 Å². The Morgan fingerprint density at radius 2 is 1.76 bits per heavy atom. The van der Waals surface area contributed by atoms with E-state index in [2.05, 4.69) is 5.32 Å². The summed E-state index contributed by atoms with van der Waals surface area (Å²) in [6, 6.07) is 14.4. The highest BCUT2D eigenvalue weighted by molar-refractivity contribution is 6.00. The molecule has 1 aromatic heterocycles. The molecule has 7 nitrogen and oxygen atoms in total. The minimum absolute atomic E-state index is 0.102. The van der Waals surface area contributed by atoms with Crippen LogP contribution in [0.5, 0.6) is 0 Å². The van der Waals surface area contributed by atoms with Crippen molar-refractivity contribution in [2.75, 3.05) is 11.9 Å². The summed E-state index contributed by atoms with van der Waals surface area (Å²) in [6.45, 7) is 1.39. The lowest BCUT2D eigenvalue weighted by Gasteiger charge is -2.07. The zero-order valence-corrected chi connectivity index (χ0v) is 15.8. The molecule has 0 atom stereocenters. The molecule has 148 valence electrons. The van der Waals surface area contributed by atoms with Gasteiger partial charge in [0.1, 0.15) is 11.1 Å². The van der Waals surface area contributed by atoms with Crippen LogP contribution in [0.1, 0.15) is 40.5 Å². The molecule has 3 aromatic rings. The molecule has 29 heavy (non-hydrogen) atoms. The fourth-order valence-corrected chi connectivity index (χ4v) is 2.69. The first kappa shape index (κ1) is 20.0. The summed E-state index contributed by atoms with van der Waals surface area (Å²) in [4.78, 5) is 48.0. The topological polar surface area (TPSA) is 103 Å². The van der Waals surface area contributed by atoms with Gasteiger partial charge in [0.05, 0.1) is 0 Å². The van der Waals surface area contributed by atoms with Gasteiger partial charge in [-0.05, 0) is 42.8 Å². The summed E-state index contributed by atoms with van der Waals surface area (Å²) in [5.41, 5.74) is 0.151. The smallest absolute Gasteiger partial charge is 0.351 e. The van der Waals surface area contributed by atoms with Gasteiger partial charge in [-0.3, -0.25) is 9.59 Å². The number of hydrogen-bond donors (Lipinski definition) is 1. The quantitative estimate of drug-likeness (QED) is 0.374. The fraction of sp³-hybridized carbons (Fsp3) is 0.182. The number of benzene rings is 2. The number of Topliss-reactive ketones (excluding diaryl/α,β-unsaturated/α-hetero) is 1. The molecule has 0 bridgehead atoms. The number of ether oxygens (including phenoxy) is 1. The van der Waals surface area contributed by atoms with Gasteiger partial charge < -0.3 is 14.5 Å². The van der Waals surface area contributed by atoms with Crippen molar-refractivity contribution in [3.63, 3.8) is 0 Å². The van der Waals surface area contributed by atoms with Gasteiger partial charge >= 0.3 is 11.6 Å². The highest BCUT2D eigenvalue weighted by Gasteiger charge is 2.17. The Balaban J connectivity index is 1.63. The van der Waals surface area contributed by atoms with Gasteiger partial charge in [-0.25, -0.2) is 9.59 Å². The largest absolute Gasteiger partial charge is 0.453 e. The van der Waals surface area contributed by atoms with Gasteiger partial charge in [-0.15, -0.1) is 0 Å². The van der Waals surface area contributed by atoms with Gasteiger partial charge in [0, 0.05) is 23.1 Å². The molecule has 0 saturated carbocycles. The highest BCUT2D eigenvalue weighted by Crippen LogP contribution is 2.14. The van der Waals surface area contributed by atoms with Crippen LogP contribution in [-0.2, 0) is 9.53 Å². The third-order valence-corrected chi connectivity index (χ3v) is 4.16. The first-order chi connectivity index (χ1) is 14.0. The van der Waals surface area contributed by atoms with E-state index in [0.717, 1.165) is 6.42 Å². The molecule has 3 rings (SSSR count). The van der Waals surface area contributed by atoms with E-state index in [1.54, 1.807) is 36.4 Å². The van der Waals surface area contributed by atoms with Crippen molar-refractivity contribution in [3.8, 4) is 0 Å². The van der Waals surface area contributed by atoms with Crippen LogP contribution in [0.4, 0.5) is 5.69 Å². The molecule has 0 aliphatic heterocycles. The van der Waals surface area contributed by atoms with E-state index in [4.69, 9.17) is 9.15 Å². The van der Waals surface area contributed by atoms with Crippen molar-refractivity contribution < 1.29 is 23.5 Å². The van der Waals surface area contributed by atoms with E-state index in [-0.39, 0.29) is 11.5 Å². The van der Waals surface area contributed by atoms with Gasteiger partial charge in [0.2, 0.25) is 5.91 Å². The second-order valence-corrected chi connectivity index (χ2v) is 6.36. The molecule has 2 aromatic carbocycles. The van der Waals surface area contributed by atoms with Crippen LogP contribution in [-0.4, -0.2) is 24.3 Å². The number of fused-ring (bicyclic) bond motifs is 1. The molecule has 7 heteroatoms. The molecule has 0 spiro atoms. The number of ketones is 1. The number of carbonyl (C=O) groups is 3. The maximum Gasteiger partial charge on any atom is 0.351 e. The Morgan fingerprint density at radius 3 is 2.48 bits per heavy atom. The van der Waals surface area contributed by atoms with Crippen molar-refractivity contribution in [1.82, 2.24) is 0 Å². The number of carbonyl (C=O) groups excluding carboxylic acids is 3. The number of nitrogens with one attached hydrogen (secondary N) is 1. The first-order valence-corrected chi connectivity index (χ1v) is 9.11. The number of hydrogen-bond acceptors (Lipinski definition) is 6. The normalized spacial score (nSPS) is 10.5. The third kappa shape index (κ3) is 4.95. The van der Waals surface area contributed by atoms with E-state index in [1.165, 1.54) is 18.2 Å². The number of para-hydroxylation sites is 1. The van der Waals surface area contributed by atoms with Crippen LogP contribution in [0.15, 0.2) is 63.8 Å². The van der Waals surface area contributed by atoms with Gasteiger partial charge in [-0.2, -0.15) is 0 Å². The van der Waals surface area contributed by atoms with Crippen LogP contribution in [0, 0.1) is 0 Å². The molecule has 0 fully saturated rings. The number of rotatable bonds is 7. The fourth-order valence-electron chi connectivity index (χ4n) is 2.69. The lowest BCUT2D eigenvalue weighted by Crippen LogP contribution is -2.20. The second kappa shape index (κ2) is 8.97. The van der Waals surface area contributed by atoms with Crippen LogP contribution in [0.25, 0.3) is 11.0 Å². The summed E-state index contributed by atoms with van der Waals surface area (Å²) < 4.78 is 10.1. The van der Waals surface area contributed by atoms with E-state index < -0.39 is 24.0 Å². The Labute approximate surface area is 166 Å². The summed E-state index contributed by atoms with van der Waals surface area (Å²) in [5.74, 6) is -1.47. The van der Waals surface area contributed by atoms with Crippen molar-refractivity contribution >= 4 is 34.3 Å². The van der Waals surface area contributed by atoms with Crippen LogP contribution in [0.2, 0.25) is 0 Å². The van der Waals surface area contributed by atoms with Crippen LogP contribution < -0.4 is 10.9 Å². The zero-order chi connectivity index (χ0) is 20.8. The molecule has 0 radical (unpaired) electrons. The predicted octanol–water partition coefficient (Wildman–Crippen LogP) is 3.57. The molecule has 0 unspecified atom stereocenters. The SMILES string of the molecule is CCCC(=O)Nc1ccc(C(=O)COC(=O)c2cc3ccccc3oc2=O)cc1. The number of esters is 1. The zero-order valence-electron chi connectivity index (χ0n) is 15.8. The lowest BCUT2D eigenvalue weighted by atomic mass is 10.1. The van der Waals surface area contributed by atoms with E-state index in [9.17, 15) is 19.2 Å². The minimum Gasteiger partial charge on any atom is -0.453 e. The molecule has 1 heterocycles. The van der Waals surface area contributed by atoms with Gasteiger partial charge in [-0.1, -0.05) is 25.1 Å². The summed E-state index contributed by atoms with van der Waals surface area (Å²) in [5, 5.41) is 3.30. The summed E-state index contributed by atoms with van der Waals surface area (Å²) >= 11 is 0. The Bertz CT molecular complexity index is 1110. The Hall–Kier alpha value is -3.74. The molecule has 0 aliphatic carbocycles. The minimum atomic E-state index is -0.929. The van der Waals surface area contributed by atoms with Crippen LogP contribution >= 0.6 is 0 Å². The van der Waals surface area contributed by atoms with Gasteiger partial charge in [0.15, 0.2) is 12.4 Å². The average Bonchev–Trinajstić information content (AvgIpc) is 2.72. The number of anilines is 1. The molecule has 1 amide bonds. The van der Waals surface area contributed by atoms with Crippen molar-refractivity contribution in [3.05, 3.63) is 76.1 Å². The Morgan fingerprint density at radius 1 is 1.03 bits per heavy atom.